The van der Waals surface area contributed by atoms with Crippen molar-refractivity contribution in [3.05, 3.63) is 35.9 Å². The summed E-state index contributed by atoms with van der Waals surface area (Å²) in [6, 6.07) is 8.96. The molecule has 1 aromatic rings. The van der Waals surface area contributed by atoms with Crippen LogP contribution in [0.3, 0.4) is 0 Å². The Kier molecular flexibility index (Phi) is 6.88. The molecule has 0 spiro atoms. The van der Waals surface area contributed by atoms with Crippen LogP contribution in [0, 0.1) is 5.92 Å². The number of carbonyl (C=O) groups is 2. The van der Waals surface area contributed by atoms with Gasteiger partial charge in [-0.1, -0.05) is 37.3 Å². The minimum atomic E-state index is -0.525. The van der Waals surface area contributed by atoms with Gasteiger partial charge in [0, 0.05) is 12.8 Å². The van der Waals surface area contributed by atoms with Gasteiger partial charge in [0.25, 0.3) is 0 Å². The van der Waals surface area contributed by atoms with Crippen molar-refractivity contribution in [2.45, 2.75) is 39.5 Å². The van der Waals surface area contributed by atoms with Crippen LogP contribution in [0.1, 0.15) is 26.3 Å². The van der Waals surface area contributed by atoms with E-state index in [-0.39, 0.29) is 30.6 Å². The van der Waals surface area contributed by atoms with Crippen LogP contribution >= 0.6 is 0 Å². The van der Waals surface area contributed by atoms with Crippen molar-refractivity contribution in [2.24, 2.45) is 5.92 Å². The molecule has 116 valence electrons. The van der Waals surface area contributed by atoms with Crippen LogP contribution in [0.4, 0.5) is 0 Å². The van der Waals surface area contributed by atoms with E-state index in [4.69, 9.17) is 9.47 Å². The molecule has 5 heteroatoms. The lowest BCUT2D eigenvalue weighted by Crippen LogP contribution is -2.45. The summed E-state index contributed by atoms with van der Waals surface area (Å²) in [6.07, 6.45) is -0.371. The number of ether oxygens (including phenoxy) is 2. The summed E-state index contributed by atoms with van der Waals surface area (Å²) in [5, 5.41) is 2.93. The van der Waals surface area contributed by atoms with Crippen LogP contribution in [-0.4, -0.2) is 31.1 Å². The maximum Gasteiger partial charge on any atom is 0.323 e. The molecular formula is C16H23NO4. The fourth-order valence-electron chi connectivity index (χ4n) is 2.05. The molecule has 1 N–H and O–H groups in total. The Bertz CT molecular complexity index is 461. The summed E-state index contributed by atoms with van der Waals surface area (Å²) in [6.45, 7) is 5.19. The van der Waals surface area contributed by atoms with E-state index >= 15 is 0 Å². The van der Waals surface area contributed by atoms with Gasteiger partial charge in [0.1, 0.15) is 18.8 Å². The second-order valence-electron chi connectivity index (χ2n) is 5.03. The molecule has 0 bridgehead atoms. The lowest BCUT2D eigenvalue weighted by molar-refractivity contribution is -0.155. The third-order valence-corrected chi connectivity index (χ3v) is 3.41. The molecule has 21 heavy (non-hydrogen) atoms. The number of esters is 2. The molecule has 3 atom stereocenters. The molecule has 1 rings (SSSR count). The van der Waals surface area contributed by atoms with Gasteiger partial charge in [-0.15, -0.1) is 0 Å². The SMILES string of the molecule is CN[C@H](C(=O)OCc1ccccc1)[C@@H](C)C(C)OC(C)=O. The Labute approximate surface area is 125 Å². The van der Waals surface area contributed by atoms with E-state index in [1.807, 2.05) is 37.3 Å². The first kappa shape index (κ1) is 17.2. The van der Waals surface area contributed by atoms with E-state index in [1.165, 1.54) is 6.92 Å². The highest BCUT2D eigenvalue weighted by atomic mass is 16.5. The van der Waals surface area contributed by atoms with Gasteiger partial charge in [0.15, 0.2) is 0 Å². The number of carbonyl (C=O) groups excluding carboxylic acids is 2. The standard InChI is InChI=1S/C16H23NO4/c1-11(12(2)21-13(3)18)15(17-4)16(19)20-10-14-8-6-5-7-9-14/h5-9,11-12,15,17H,10H2,1-4H3/t11-,12?,15-/m0/s1. The van der Waals surface area contributed by atoms with Gasteiger partial charge in [-0.2, -0.15) is 0 Å². The van der Waals surface area contributed by atoms with Gasteiger partial charge in [0.05, 0.1) is 0 Å². The molecule has 0 heterocycles. The average molecular weight is 293 g/mol. The number of likely N-dealkylation sites (N-methyl/N-ethyl adjacent to an activating group) is 1. The summed E-state index contributed by atoms with van der Waals surface area (Å²) in [5.41, 5.74) is 0.932. The predicted octanol–water partition coefficient (Wildman–Crippen LogP) is 1.91. The summed E-state index contributed by atoms with van der Waals surface area (Å²) >= 11 is 0. The van der Waals surface area contributed by atoms with Gasteiger partial charge in [-0.25, -0.2) is 0 Å². The summed E-state index contributed by atoms with van der Waals surface area (Å²) in [5.74, 6) is -0.906. The molecule has 0 fully saturated rings. The maximum absolute atomic E-state index is 12.2. The van der Waals surface area contributed by atoms with E-state index in [9.17, 15) is 9.59 Å². The Balaban J connectivity index is 2.58. The quantitative estimate of drug-likeness (QED) is 0.778. The molecule has 0 radical (unpaired) electrons. The highest BCUT2D eigenvalue weighted by Gasteiger charge is 2.30. The van der Waals surface area contributed by atoms with Crippen molar-refractivity contribution in [3.8, 4) is 0 Å². The van der Waals surface area contributed by atoms with Crippen LogP contribution in [0.15, 0.2) is 30.3 Å². The first-order chi connectivity index (χ1) is 9.95. The zero-order chi connectivity index (χ0) is 15.8. The van der Waals surface area contributed by atoms with E-state index in [0.29, 0.717) is 0 Å². The fourth-order valence-corrected chi connectivity index (χ4v) is 2.05. The largest absolute Gasteiger partial charge is 0.462 e. The normalized spacial score (nSPS) is 14.9. The molecule has 0 aliphatic carbocycles. The third kappa shape index (κ3) is 5.55. The highest BCUT2D eigenvalue weighted by Crippen LogP contribution is 2.14. The van der Waals surface area contributed by atoms with Gasteiger partial charge < -0.3 is 14.8 Å². The first-order valence-electron chi connectivity index (χ1n) is 7.00. The summed E-state index contributed by atoms with van der Waals surface area (Å²) in [7, 11) is 1.69. The van der Waals surface area contributed by atoms with Crippen LogP contribution in [0.5, 0.6) is 0 Å². The number of benzene rings is 1. The van der Waals surface area contributed by atoms with Gasteiger partial charge in [-0.05, 0) is 19.5 Å². The minimum absolute atomic E-state index is 0.192. The molecule has 0 aliphatic rings. The Morgan fingerprint density at radius 1 is 1.19 bits per heavy atom. The van der Waals surface area contributed by atoms with Gasteiger partial charge in [0.2, 0.25) is 0 Å². The maximum atomic E-state index is 12.2. The lowest BCUT2D eigenvalue weighted by Gasteiger charge is -2.26. The molecule has 5 nitrogen and oxygen atoms in total. The van der Waals surface area contributed by atoms with Gasteiger partial charge in [-0.3, -0.25) is 9.59 Å². The topological polar surface area (TPSA) is 64.6 Å². The predicted molar refractivity (Wildman–Crippen MR) is 79.5 cm³/mol. The molecule has 0 saturated heterocycles. The minimum Gasteiger partial charge on any atom is -0.462 e. The second kappa shape index (κ2) is 8.42. The van der Waals surface area contributed by atoms with Crippen LogP contribution < -0.4 is 5.32 Å². The van der Waals surface area contributed by atoms with Crippen molar-refractivity contribution in [1.29, 1.82) is 0 Å². The van der Waals surface area contributed by atoms with Gasteiger partial charge >= 0.3 is 11.9 Å². The van der Waals surface area contributed by atoms with Crippen molar-refractivity contribution in [1.82, 2.24) is 5.32 Å². The molecule has 0 saturated carbocycles. The average Bonchev–Trinajstić information content (AvgIpc) is 2.46. The van der Waals surface area contributed by atoms with Crippen LogP contribution in [-0.2, 0) is 25.7 Å². The Morgan fingerprint density at radius 3 is 2.33 bits per heavy atom. The van der Waals surface area contributed by atoms with E-state index in [2.05, 4.69) is 5.32 Å². The number of rotatable bonds is 7. The molecular weight excluding hydrogens is 270 g/mol. The molecule has 0 amide bonds. The van der Waals surface area contributed by atoms with E-state index in [1.54, 1.807) is 14.0 Å². The Morgan fingerprint density at radius 2 is 1.81 bits per heavy atom. The first-order valence-corrected chi connectivity index (χ1v) is 7.00. The number of nitrogens with one attached hydrogen (secondary N) is 1. The number of hydrogen-bond acceptors (Lipinski definition) is 5. The van der Waals surface area contributed by atoms with Crippen molar-refractivity contribution < 1.29 is 19.1 Å². The lowest BCUT2D eigenvalue weighted by atomic mass is 9.96. The molecule has 0 aromatic heterocycles. The Hall–Kier alpha value is -1.88. The molecule has 1 aromatic carbocycles. The highest BCUT2D eigenvalue weighted by molar-refractivity contribution is 5.76. The van der Waals surface area contributed by atoms with E-state index < -0.39 is 6.04 Å². The van der Waals surface area contributed by atoms with E-state index in [0.717, 1.165) is 5.56 Å². The van der Waals surface area contributed by atoms with Crippen LogP contribution in [0.2, 0.25) is 0 Å². The van der Waals surface area contributed by atoms with Crippen molar-refractivity contribution in [3.63, 3.8) is 0 Å². The molecule has 1 unspecified atom stereocenters. The zero-order valence-electron chi connectivity index (χ0n) is 13.0. The van der Waals surface area contributed by atoms with Crippen molar-refractivity contribution in [2.75, 3.05) is 7.05 Å². The third-order valence-electron chi connectivity index (χ3n) is 3.41. The van der Waals surface area contributed by atoms with Crippen molar-refractivity contribution >= 4 is 11.9 Å². The smallest absolute Gasteiger partial charge is 0.323 e. The van der Waals surface area contributed by atoms with Crippen LogP contribution in [0.25, 0.3) is 0 Å². The monoisotopic (exact) mass is 293 g/mol. The fraction of sp³-hybridized carbons (Fsp3) is 0.500. The molecule has 0 aliphatic heterocycles. The summed E-state index contributed by atoms with van der Waals surface area (Å²) < 4.78 is 10.4. The second-order valence-corrected chi connectivity index (χ2v) is 5.03. The summed E-state index contributed by atoms with van der Waals surface area (Å²) in [4.78, 5) is 23.1. The zero-order valence-corrected chi connectivity index (χ0v) is 13.0. The number of hydrogen-bond donors (Lipinski definition) is 1.